The number of carbonyl (C=O) groups is 1. The van der Waals surface area contributed by atoms with Gasteiger partial charge < -0.3 is 4.74 Å². The first-order valence-corrected chi connectivity index (χ1v) is 6.55. The zero-order valence-corrected chi connectivity index (χ0v) is 11.3. The lowest BCUT2D eigenvalue weighted by molar-refractivity contribution is 0.112. The number of hydrogen-bond donors (Lipinski definition) is 0. The van der Waals surface area contributed by atoms with E-state index in [0.29, 0.717) is 29.2 Å². The van der Waals surface area contributed by atoms with Gasteiger partial charge in [0.15, 0.2) is 17.9 Å². The quantitative estimate of drug-likeness (QED) is 0.590. The molecule has 0 radical (unpaired) electrons. The van der Waals surface area contributed by atoms with E-state index in [-0.39, 0.29) is 10.8 Å². The lowest BCUT2D eigenvalue weighted by Crippen LogP contribution is -2.00. The van der Waals surface area contributed by atoms with Crippen LogP contribution in [0.15, 0.2) is 24.3 Å². The molecule has 2 aromatic carbocycles. The van der Waals surface area contributed by atoms with Crippen LogP contribution in [0, 0.1) is 5.82 Å². The van der Waals surface area contributed by atoms with Crippen molar-refractivity contribution in [2.45, 2.75) is 19.8 Å². The number of halogens is 2. The third-order valence-corrected chi connectivity index (χ3v) is 3.22. The molecule has 2 nitrogen and oxygen atoms in total. The SMILES string of the molecule is CCCCOc1c(Cl)cc2c(C=O)cccc2c1F. The summed E-state index contributed by atoms with van der Waals surface area (Å²) in [6.07, 6.45) is 2.49. The molecule has 0 fully saturated rings. The molecule has 0 aromatic heterocycles. The van der Waals surface area contributed by atoms with Crippen molar-refractivity contribution in [1.29, 1.82) is 0 Å². The number of ether oxygens (including phenoxy) is 1. The summed E-state index contributed by atoms with van der Waals surface area (Å²) in [4.78, 5) is 10.9. The molecule has 0 saturated carbocycles. The van der Waals surface area contributed by atoms with Crippen LogP contribution in [0.1, 0.15) is 30.1 Å². The van der Waals surface area contributed by atoms with E-state index in [1.165, 1.54) is 0 Å². The first-order valence-electron chi connectivity index (χ1n) is 6.17. The maximum absolute atomic E-state index is 14.3. The van der Waals surface area contributed by atoms with Crippen LogP contribution in [0.4, 0.5) is 4.39 Å². The topological polar surface area (TPSA) is 26.3 Å². The molecule has 0 heterocycles. The second-order valence-corrected chi connectivity index (χ2v) is 4.67. The Hall–Kier alpha value is -1.61. The molecular weight excluding hydrogens is 267 g/mol. The number of hydrogen-bond acceptors (Lipinski definition) is 2. The first kappa shape index (κ1) is 13.8. The Kier molecular flexibility index (Phi) is 4.38. The summed E-state index contributed by atoms with van der Waals surface area (Å²) in [6, 6.07) is 6.45. The van der Waals surface area contributed by atoms with Gasteiger partial charge in [-0.25, -0.2) is 4.39 Å². The van der Waals surface area contributed by atoms with Gasteiger partial charge in [0.25, 0.3) is 0 Å². The number of carbonyl (C=O) groups excluding carboxylic acids is 1. The molecule has 4 heteroatoms. The molecule has 2 aromatic rings. The van der Waals surface area contributed by atoms with E-state index in [4.69, 9.17) is 16.3 Å². The van der Waals surface area contributed by atoms with E-state index in [2.05, 4.69) is 0 Å². The van der Waals surface area contributed by atoms with Crippen molar-refractivity contribution in [1.82, 2.24) is 0 Å². The minimum Gasteiger partial charge on any atom is -0.489 e. The molecule has 0 bridgehead atoms. The van der Waals surface area contributed by atoms with Gasteiger partial charge in [0.2, 0.25) is 0 Å². The Labute approximate surface area is 116 Å². The zero-order chi connectivity index (χ0) is 13.8. The smallest absolute Gasteiger partial charge is 0.174 e. The molecule has 0 atom stereocenters. The molecule has 0 saturated heterocycles. The second-order valence-electron chi connectivity index (χ2n) is 4.26. The highest BCUT2D eigenvalue weighted by Crippen LogP contribution is 2.35. The summed E-state index contributed by atoms with van der Waals surface area (Å²) in [5, 5.41) is 1.04. The standard InChI is InChI=1S/C15H14ClFO2/c1-2-3-7-19-15-13(16)8-12-10(9-18)5-4-6-11(12)14(15)17/h4-6,8-9H,2-3,7H2,1H3. The van der Waals surface area contributed by atoms with Crippen molar-refractivity contribution in [2.75, 3.05) is 6.61 Å². The summed E-state index contributed by atoms with van der Waals surface area (Å²) in [6.45, 7) is 2.45. The first-order chi connectivity index (χ1) is 9.19. The lowest BCUT2D eigenvalue weighted by Gasteiger charge is -2.11. The van der Waals surface area contributed by atoms with Gasteiger partial charge in [0.1, 0.15) is 0 Å². The minimum absolute atomic E-state index is 0.0608. The van der Waals surface area contributed by atoms with Crippen molar-refractivity contribution in [3.63, 3.8) is 0 Å². The highest BCUT2D eigenvalue weighted by atomic mass is 35.5. The van der Waals surface area contributed by atoms with Gasteiger partial charge in [-0.1, -0.05) is 43.1 Å². The fourth-order valence-electron chi connectivity index (χ4n) is 1.91. The van der Waals surface area contributed by atoms with Crippen molar-refractivity contribution in [2.24, 2.45) is 0 Å². The second kappa shape index (κ2) is 6.02. The van der Waals surface area contributed by atoms with Gasteiger partial charge in [0.05, 0.1) is 11.6 Å². The van der Waals surface area contributed by atoms with Gasteiger partial charge in [-0.3, -0.25) is 4.79 Å². The number of rotatable bonds is 5. The van der Waals surface area contributed by atoms with Crippen LogP contribution in [-0.2, 0) is 0 Å². The molecule has 0 amide bonds. The van der Waals surface area contributed by atoms with E-state index in [0.717, 1.165) is 12.8 Å². The van der Waals surface area contributed by atoms with Crippen LogP contribution >= 0.6 is 11.6 Å². The third-order valence-electron chi connectivity index (χ3n) is 2.93. The molecule has 100 valence electrons. The average Bonchev–Trinajstić information content (AvgIpc) is 2.42. The van der Waals surface area contributed by atoms with E-state index in [9.17, 15) is 9.18 Å². The summed E-state index contributed by atoms with van der Waals surface area (Å²) in [5.41, 5.74) is 0.415. The Morgan fingerprint density at radius 2 is 2.16 bits per heavy atom. The van der Waals surface area contributed by atoms with E-state index >= 15 is 0 Å². The fraction of sp³-hybridized carbons (Fsp3) is 0.267. The van der Waals surface area contributed by atoms with Gasteiger partial charge in [-0.2, -0.15) is 0 Å². The number of benzene rings is 2. The Bertz CT molecular complexity index is 611. The Morgan fingerprint density at radius 1 is 1.37 bits per heavy atom. The van der Waals surface area contributed by atoms with Crippen molar-refractivity contribution < 1.29 is 13.9 Å². The van der Waals surface area contributed by atoms with E-state index in [1.807, 2.05) is 6.92 Å². The van der Waals surface area contributed by atoms with Gasteiger partial charge >= 0.3 is 0 Å². The summed E-state index contributed by atoms with van der Waals surface area (Å²) in [5.74, 6) is -0.451. The van der Waals surface area contributed by atoms with Crippen molar-refractivity contribution in [3.05, 3.63) is 40.7 Å². The highest BCUT2D eigenvalue weighted by molar-refractivity contribution is 6.33. The van der Waals surface area contributed by atoms with Gasteiger partial charge in [0, 0.05) is 10.9 Å². The van der Waals surface area contributed by atoms with Crippen LogP contribution in [0.25, 0.3) is 10.8 Å². The molecule has 0 N–H and O–H groups in total. The number of aldehydes is 1. The monoisotopic (exact) mass is 280 g/mol. The van der Waals surface area contributed by atoms with Crippen LogP contribution in [0.3, 0.4) is 0 Å². The van der Waals surface area contributed by atoms with E-state index in [1.54, 1.807) is 24.3 Å². The normalized spacial score (nSPS) is 10.7. The summed E-state index contributed by atoms with van der Waals surface area (Å²) >= 11 is 6.04. The number of unbranched alkanes of at least 4 members (excludes halogenated alkanes) is 1. The molecule has 0 aliphatic rings. The molecule has 0 unspecified atom stereocenters. The molecule has 2 rings (SSSR count). The summed E-state index contributed by atoms with van der Waals surface area (Å²) in [7, 11) is 0. The van der Waals surface area contributed by atoms with Crippen LogP contribution in [0.2, 0.25) is 5.02 Å². The minimum atomic E-state index is -0.512. The fourth-order valence-corrected chi connectivity index (χ4v) is 2.16. The van der Waals surface area contributed by atoms with Crippen LogP contribution in [0.5, 0.6) is 5.75 Å². The van der Waals surface area contributed by atoms with E-state index < -0.39 is 5.82 Å². The zero-order valence-electron chi connectivity index (χ0n) is 10.6. The summed E-state index contributed by atoms with van der Waals surface area (Å²) < 4.78 is 19.7. The van der Waals surface area contributed by atoms with Crippen LogP contribution < -0.4 is 4.74 Å². The predicted molar refractivity (Wildman–Crippen MR) is 74.7 cm³/mol. The average molecular weight is 281 g/mol. The number of fused-ring (bicyclic) bond motifs is 1. The maximum atomic E-state index is 14.3. The van der Waals surface area contributed by atoms with Crippen LogP contribution in [-0.4, -0.2) is 12.9 Å². The predicted octanol–water partition coefficient (Wildman–Crippen LogP) is 4.62. The molecule has 19 heavy (non-hydrogen) atoms. The Morgan fingerprint density at radius 3 is 2.84 bits per heavy atom. The molecular formula is C15H14ClFO2. The lowest BCUT2D eigenvalue weighted by atomic mass is 10.0. The van der Waals surface area contributed by atoms with Crippen molar-refractivity contribution in [3.8, 4) is 5.75 Å². The van der Waals surface area contributed by atoms with Gasteiger partial charge in [-0.15, -0.1) is 0 Å². The molecule has 0 aliphatic carbocycles. The molecule has 0 spiro atoms. The molecule has 0 aliphatic heterocycles. The highest BCUT2D eigenvalue weighted by Gasteiger charge is 2.15. The Balaban J connectivity index is 2.53. The largest absolute Gasteiger partial charge is 0.489 e. The third kappa shape index (κ3) is 2.71. The van der Waals surface area contributed by atoms with Crippen molar-refractivity contribution >= 4 is 28.7 Å². The maximum Gasteiger partial charge on any atom is 0.174 e. The van der Waals surface area contributed by atoms with Gasteiger partial charge in [-0.05, 0) is 17.9 Å².